The van der Waals surface area contributed by atoms with Gasteiger partial charge in [0.15, 0.2) is 5.03 Å². The van der Waals surface area contributed by atoms with Gasteiger partial charge in [-0.15, -0.1) is 0 Å². The van der Waals surface area contributed by atoms with Gasteiger partial charge in [-0.05, 0) is 12.1 Å². The molecule has 0 spiro atoms. The predicted molar refractivity (Wildman–Crippen MR) is 52.9 cm³/mol. The average molecular weight is 265 g/mol. The van der Waals surface area contributed by atoms with Crippen LogP contribution in [0.4, 0.5) is 5.69 Å². The van der Waals surface area contributed by atoms with Crippen LogP contribution >= 0.6 is 35.0 Å². The van der Waals surface area contributed by atoms with Gasteiger partial charge in [0.1, 0.15) is 5.69 Å². The molecule has 8 heteroatoms. The molecule has 0 aliphatic carbocycles. The Labute approximate surface area is 119 Å². The van der Waals surface area contributed by atoms with Crippen molar-refractivity contribution in [3.63, 3.8) is 0 Å². The van der Waals surface area contributed by atoms with Crippen LogP contribution in [0.5, 0.6) is 0 Å². The van der Waals surface area contributed by atoms with Gasteiger partial charge in [-0.25, -0.2) is 10.1 Å². The van der Waals surface area contributed by atoms with Crippen molar-refractivity contribution in [2.45, 2.75) is 0 Å². The van der Waals surface area contributed by atoms with Gasteiger partial charge >= 0.3 is 29.6 Å². The molecule has 0 aliphatic rings. The summed E-state index contributed by atoms with van der Waals surface area (Å²) < 4.78 is 0.286. The van der Waals surface area contributed by atoms with Crippen molar-refractivity contribution in [2.24, 2.45) is 0 Å². The van der Waals surface area contributed by atoms with Crippen LogP contribution in [0.25, 0.3) is 0 Å². The summed E-state index contributed by atoms with van der Waals surface area (Å²) in [6, 6.07) is 4.42. The van der Waals surface area contributed by atoms with E-state index in [0.717, 1.165) is 0 Å². The van der Waals surface area contributed by atoms with E-state index in [0.29, 0.717) is 0 Å². The Morgan fingerprint density at radius 2 is 2.00 bits per heavy atom. The second-order valence-electron chi connectivity index (χ2n) is 2.07. The van der Waals surface area contributed by atoms with Gasteiger partial charge in [0.2, 0.25) is 0 Å². The van der Waals surface area contributed by atoms with Gasteiger partial charge in [0.25, 0.3) is 0 Å². The average Bonchev–Trinajstić information content (AvgIpc) is 2.08. The smallest absolute Gasteiger partial charge is 1.00 e. The van der Waals surface area contributed by atoms with Gasteiger partial charge in [-0.3, -0.25) is 0 Å². The molecule has 0 N–H and O–H groups in total. The van der Waals surface area contributed by atoms with E-state index < -0.39 is 5.03 Å². The standard InChI is InChI=1S/C6H3Cl3N2O2.Na.H/c7-4-2-1-3-5(6(4)8)10(9)11(12)13;;/h1-3H;;/q;+1;-1. The summed E-state index contributed by atoms with van der Waals surface area (Å²) in [7, 11) is 0. The van der Waals surface area contributed by atoms with E-state index >= 15 is 0 Å². The summed E-state index contributed by atoms with van der Waals surface area (Å²) in [6.45, 7) is 0. The van der Waals surface area contributed by atoms with E-state index in [2.05, 4.69) is 0 Å². The van der Waals surface area contributed by atoms with Crippen molar-refractivity contribution in [3.05, 3.63) is 38.4 Å². The van der Waals surface area contributed by atoms with Crippen molar-refractivity contribution in [3.8, 4) is 0 Å². The largest absolute Gasteiger partial charge is 1.00 e. The number of nitrogens with zero attached hydrogens (tertiary/aromatic N) is 2. The van der Waals surface area contributed by atoms with E-state index in [1.165, 1.54) is 18.2 Å². The van der Waals surface area contributed by atoms with Gasteiger partial charge in [0.05, 0.1) is 21.8 Å². The first-order chi connectivity index (χ1) is 6.04. The summed E-state index contributed by atoms with van der Waals surface area (Å²) in [6.07, 6.45) is 0. The first kappa shape index (κ1) is 14.3. The first-order valence-electron chi connectivity index (χ1n) is 3.08. The predicted octanol–water partition coefficient (Wildman–Crippen LogP) is 0.262. The molecule has 14 heavy (non-hydrogen) atoms. The third-order valence-corrected chi connectivity index (χ3v) is 2.39. The third-order valence-electron chi connectivity index (χ3n) is 1.27. The summed E-state index contributed by atoms with van der Waals surface area (Å²) in [5.41, 5.74) is 0.0424. The minimum Gasteiger partial charge on any atom is -1.00 e. The Bertz CT molecular complexity index is 355. The van der Waals surface area contributed by atoms with Gasteiger partial charge in [0, 0.05) is 4.53 Å². The van der Waals surface area contributed by atoms with Crippen LogP contribution in [0.1, 0.15) is 1.43 Å². The number of hydrogen-bond acceptors (Lipinski definition) is 2. The van der Waals surface area contributed by atoms with E-state index in [1.54, 1.807) is 0 Å². The number of anilines is 1. The van der Waals surface area contributed by atoms with Crippen LogP contribution in [0, 0.1) is 10.1 Å². The normalized spacial score (nSPS) is 9.07. The molecule has 72 valence electrons. The monoisotopic (exact) mass is 264 g/mol. The molecule has 0 unspecified atom stereocenters. The fourth-order valence-corrected chi connectivity index (χ4v) is 1.28. The number of rotatable bonds is 2. The van der Waals surface area contributed by atoms with Gasteiger partial charge in [-0.2, -0.15) is 0 Å². The van der Waals surface area contributed by atoms with Crippen molar-refractivity contribution in [2.75, 3.05) is 4.53 Å². The molecule has 0 saturated carbocycles. The molecule has 4 nitrogen and oxygen atoms in total. The zero-order chi connectivity index (χ0) is 10.0. The molecule has 0 aliphatic heterocycles. The van der Waals surface area contributed by atoms with Crippen LogP contribution < -0.4 is 34.1 Å². The number of hydrogen-bond donors (Lipinski definition) is 0. The topological polar surface area (TPSA) is 46.4 Å². The number of halogens is 3. The Morgan fingerprint density at radius 3 is 2.50 bits per heavy atom. The quantitative estimate of drug-likeness (QED) is 0.334. The molecule has 1 rings (SSSR count). The number of hydrazine groups is 1. The molecule has 0 fully saturated rings. The second kappa shape index (κ2) is 6.00. The number of nitro groups is 1. The van der Waals surface area contributed by atoms with E-state index in [1.807, 2.05) is 0 Å². The van der Waals surface area contributed by atoms with Gasteiger partial charge < -0.3 is 1.43 Å². The minimum absolute atomic E-state index is 0. The maximum Gasteiger partial charge on any atom is 1.00 e. The van der Waals surface area contributed by atoms with E-state index in [-0.39, 0.29) is 51.2 Å². The Morgan fingerprint density at radius 1 is 1.43 bits per heavy atom. The zero-order valence-corrected chi connectivity index (χ0v) is 11.3. The second-order valence-corrected chi connectivity index (χ2v) is 3.18. The van der Waals surface area contributed by atoms with Crippen molar-refractivity contribution in [1.29, 1.82) is 0 Å². The minimum atomic E-state index is -0.806. The molecule has 0 bridgehead atoms. The van der Waals surface area contributed by atoms with E-state index in [9.17, 15) is 10.1 Å². The van der Waals surface area contributed by atoms with Crippen LogP contribution in [-0.2, 0) is 0 Å². The van der Waals surface area contributed by atoms with Crippen molar-refractivity contribution in [1.82, 2.24) is 0 Å². The summed E-state index contributed by atoms with van der Waals surface area (Å²) >= 11 is 16.6. The van der Waals surface area contributed by atoms with Crippen LogP contribution in [-0.4, -0.2) is 5.03 Å². The van der Waals surface area contributed by atoms with Crippen LogP contribution in [0.2, 0.25) is 10.0 Å². The summed E-state index contributed by atoms with van der Waals surface area (Å²) in [5.74, 6) is 0. The molecular weight excluding hydrogens is 261 g/mol. The molecule has 0 aromatic heterocycles. The summed E-state index contributed by atoms with van der Waals surface area (Å²) in [5, 5.41) is 9.72. The van der Waals surface area contributed by atoms with Gasteiger partial charge in [-0.1, -0.05) is 29.3 Å². The SMILES string of the molecule is O=[N+]([O-])N(Cl)c1cccc(Cl)c1Cl.[H-].[Na+]. The maximum absolute atomic E-state index is 10.3. The Kier molecular flexibility index (Phi) is 6.12. The van der Waals surface area contributed by atoms with Crippen LogP contribution in [0.15, 0.2) is 18.2 Å². The Balaban J connectivity index is 0. The first-order valence-corrected chi connectivity index (χ1v) is 4.17. The van der Waals surface area contributed by atoms with Crippen LogP contribution in [0.3, 0.4) is 0 Å². The molecule has 1 aromatic rings. The molecule has 0 amide bonds. The number of benzene rings is 1. The maximum atomic E-state index is 10.3. The fraction of sp³-hybridized carbons (Fsp3) is 0. The molecular formula is C6H4Cl3N2NaO2. The zero-order valence-electron chi connectivity index (χ0n) is 8.08. The Hall–Kier alpha value is 0.290. The molecule has 0 heterocycles. The molecule has 1 aromatic carbocycles. The molecule has 0 saturated heterocycles. The fourth-order valence-electron chi connectivity index (χ4n) is 0.723. The summed E-state index contributed by atoms with van der Waals surface area (Å²) in [4.78, 5) is 10.3. The third kappa shape index (κ3) is 3.15. The van der Waals surface area contributed by atoms with Crippen molar-refractivity contribution >= 4 is 40.7 Å². The molecule has 0 radical (unpaired) electrons. The van der Waals surface area contributed by atoms with E-state index in [4.69, 9.17) is 35.0 Å². The van der Waals surface area contributed by atoms with Crippen molar-refractivity contribution < 1.29 is 36.0 Å². The molecule has 0 atom stereocenters.